The first-order valence-corrected chi connectivity index (χ1v) is 11.6. The second-order valence-corrected chi connectivity index (χ2v) is 9.49. The summed E-state index contributed by atoms with van der Waals surface area (Å²) in [5, 5.41) is 2.64. The Morgan fingerprint density at radius 1 is 1.03 bits per heavy atom. The molecule has 1 aromatic carbocycles. The Bertz CT molecular complexity index is 1020. The normalized spacial score (nSPS) is 17.0. The number of carbonyl (C=O) groups is 2. The highest BCUT2D eigenvalue weighted by atomic mass is 32.2. The molecular formula is C21H25N3O5S. The van der Waals surface area contributed by atoms with Gasteiger partial charge in [-0.3, -0.25) is 9.59 Å². The molecule has 0 radical (unpaired) electrons. The zero-order valence-electron chi connectivity index (χ0n) is 16.7. The fourth-order valence-corrected chi connectivity index (χ4v) is 5.44. The molecule has 2 heterocycles. The van der Waals surface area contributed by atoms with Crippen molar-refractivity contribution in [2.75, 3.05) is 32.7 Å². The van der Waals surface area contributed by atoms with Crippen molar-refractivity contribution in [3.8, 4) is 0 Å². The summed E-state index contributed by atoms with van der Waals surface area (Å²) in [6.07, 6.45) is 4.58. The third kappa shape index (κ3) is 4.27. The van der Waals surface area contributed by atoms with E-state index in [9.17, 15) is 18.0 Å². The van der Waals surface area contributed by atoms with Crippen LogP contribution in [0.25, 0.3) is 0 Å². The molecule has 0 saturated carbocycles. The van der Waals surface area contributed by atoms with Gasteiger partial charge in [0.05, 0.1) is 11.2 Å². The minimum atomic E-state index is -3.56. The van der Waals surface area contributed by atoms with Crippen molar-refractivity contribution >= 4 is 21.8 Å². The first-order chi connectivity index (χ1) is 14.4. The molecule has 1 aromatic heterocycles. The summed E-state index contributed by atoms with van der Waals surface area (Å²) in [5.74, 6) is -0.268. The number of aryl methyl sites for hydroxylation is 2. The molecule has 1 fully saturated rings. The van der Waals surface area contributed by atoms with Crippen LogP contribution in [0.5, 0.6) is 0 Å². The summed E-state index contributed by atoms with van der Waals surface area (Å²) < 4.78 is 32.4. The monoisotopic (exact) mass is 431 g/mol. The van der Waals surface area contributed by atoms with Crippen molar-refractivity contribution in [3.63, 3.8) is 0 Å². The summed E-state index contributed by atoms with van der Waals surface area (Å²) in [7, 11) is -3.56. The van der Waals surface area contributed by atoms with Gasteiger partial charge in [0.25, 0.3) is 5.91 Å². The van der Waals surface area contributed by atoms with E-state index in [1.54, 1.807) is 29.2 Å². The number of hydrogen-bond donors (Lipinski definition) is 1. The van der Waals surface area contributed by atoms with Gasteiger partial charge in [-0.15, -0.1) is 0 Å². The molecule has 2 aromatic rings. The van der Waals surface area contributed by atoms with Crippen molar-refractivity contribution in [1.82, 2.24) is 14.5 Å². The third-order valence-electron chi connectivity index (χ3n) is 5.67. The number of furan rings is 1. The fraction of sp³-hybridized carbons (Fsp3) is 0.429. The van der Waals surface area contributed by atoms with Crippen molar-refractivity contribution in [3.05, 3.63) is 53.5 Å². The van der Waals surface area contributed by atoms with Gasteiger partial charge in [-0.05, 0) is 54.7 Å². The maximum atomic E-state index is 13.0. The number of nitrogens with one attached hydrogen (secondary N) is 1. The van der Waals surface area contributed by atoms with Gasteiger partial charge in [0.15, 0.2) is 5.76 Å². The van der Waals surface area contributed by atoms with Crippen LogP contribution in [0.2, 0.25) is 0 Å². The minimum absolute atomic E-state index is 0.107. The van der Waals surface area contributed by atoms with Crippen molar-refractivity contribution in [2.24, 2.45) is 0 Å². The van der Waals surface area contributed by atoms with Crippen molar-refractivity contribution < 1.29 is 22.4 Å². The molecule has 4 rings (SSSR count). The molecule has 1 saturated heterocycles. The zero-order chi connectivity index (χ0) is 21.1. The van der Waals surface area contributed by atoms with Crippen molar-refractivity contribution in [1.29, 1.82) is 0 Å². The second kappa shape index (κ2) is 8.61. The van der Waals surface area contributed by atoms with E-state index in [2.05, 4.69) is 5.32 Å². The van der Waals surface area contributed by atoms with E-state index >= 15 is 0 Å². The number of hydrogen-bond acceptors (Lipinski definition) is 5. The fourth-order valence-electron chi connectivity index (χ4n) is 3.97. The highest BCUT2D eigenvalue weighted by molar-refractivity contribution is 7.89. The third-order valence-corrected chi connectivity index (χ3v) is 7.56. The maximum Gasteiger partial charge on any atom is 0.286 e. The van der Waals surface area contributed by atoms with Gasteiger partial charge >= 0.3 is 0 Å². The number of rotatable bonds is 6. The Balaban J connectivity index is 1.28. The van der Waals surface area contributed by atoms with Gasteiger partial charge in [0, 0.05) is 39.1 Å². The Morgan fingerprint density at radius 2 is 1.80 bits per heavy atom. The molecule has 9 heteroatoms. The van der Waals surface area contributed by atoms with Crippen LogP contribution in [-0.4, -0.2) is 62.2 Å². The van der Waals surface area contributed by atoms with Crippen LogP contribution in [-0.2, 0) is 27.7 Å². The number of piperazine rings is 1. The van der Waals surface area contributed by atoms with E-state index in [1.807, 2.05) is 6.07 Å². The molecule has 0 spiro atoms. The molecule has 2 amide bonds. The number of nitrogens with zero attached hydrogens (tertiary/aromatic N) is 2. The quantitative estimate of drug-likeness (QED) is 0.746. The Kier molecular flexibility index (Phi) is 5.92. The van der Waals surface area contributed by atoms with E-state index in [-0.39, 0.29) is 43.6 Å². The van der Waals surface area contributed by atoms with Crippen LogP contribution in [0.4, 0.5) is 0 Å². The average molecular weight is 432 g/mol. The molecular weight excluding hydrogens is 406 g/mol. The van der Waals surface area contributed by atoms with Gasteiger partial charge in [-0.25, -0.2) is 8.42 Å². The van der Waals surface area contributed by atoms with Crippen LogP contribution in [0.3, 0.4) is 0 Å². The molecule has 30 heavy (non-hydrogen) atoms. The molecule has 0 atom stereocenters. The number of amides is 2. The zero-order valence-corrected chi connectivity index (χ0v) is 17.5. The predicted molar refractivity (Wildman–Crippen MR) is 109 cm³/mol. The van der Waals surface area contributed by atoms with Crippen LogP contribution in [0.15, 0.2) is 45.9 Å². The molecule has 1 N–H and O–H groups in total. The van der Waals surface area contributed by atoms with E-state index in [4.69, 9.17) is 4.42 Å². The summed E-state index contributed by atoms with van der Waals surface area (Å²) in [4.78, 5) is 26.2. The minimum Gasteiger partial charge on any atom is -0.459 e. The lowest BCUT2D eigenvalue weighted by Gasteiger charge is -2.34. The maximum absolute atomic E-state index is 13.0. The molecule has 1 aliphatic heterocycles. The van der Waals surface area contributed by atoms with E-state index in [0.717, 1.165) is 24.8 Å². The topological polar surface area (TPSA) is 99.9 Å². The van der Waals surface area contributed by atoms with Crippen LogP contribution in [0, 0.1) is 0 Å². The van der Waals surface area contributed by atoms with E-state index in [0.29, 0.717) is 18.0 Å². The Labute approximate surface area is 175 Å². The highest BCUT2D eigenvalue weighted by Gasteiger charge is 2.30. The SMILES string of the molecule is O=C(NCCC(=O)N1CCN(S(=O)(=O)c2ccc3c(c2)CCC3)CC1)c1ccco1. The number of carbonyl (C=O) groups excluding carboxylic acids is 2. The summed E-state index contributed by atoms with van der Waals surface area (Å²) in [5.41, 5.74) is 2.37. The van der Waals surface area contributed by atoms with Gasteiger partial charge < -0.3 is 14.6 Å². The van der Waals surface area contributed by atoms with Gasteiger partial charge in [0.1, 0.15) is 0 Å². The Hall–Kier alpha value is -2.65. The number of fused-ring (bicyclic) bond motifs is 1. The lowest BCUT2D eigenvalue weighted by Crippen LogP contribution is -2.50. The largest absolute Gasteiger partial charge is 0.459 e. The van der Waals surface area contributed by atoms with Crippen molar-refractivity contribution in [2.45, 2.75) is 30.6 Å². The van der Waals surface area contributed by atoms with Gasteiger partial charge in [-0.1, -0.05) is 6.07 Å². The van der Waals surface area contributed by atoms with Crippen LogP contribution < -0.4 is 5.32 Å². The number of sulfonamides is 1. The second-order valence-electron chi connectivity index (χ2n) is 7.55. The lowest BCUT2D eigenvalue weighted by atomic mass is 10.1. The average Bonchev–Trinajstić information content (AvgIpc) is 3.45. The lowest BCUT2D eigenvalue weighted by molar-refractivity contribution is -0.132. The van der Waals surface area contributed by atoms with Crippen LogP contribution in [0.1, 0.15) is 34.5 Å². The van der Waals surface area contributed by atoms with Crippen LogP contribution >= 0.6 is 0 Å². The molecule has 160 valence electrons. The smallest absolute Gasteiger partial charge is 0.286 e. The first kappa shape index (κ1) is 20.6. The van der Waals surface area contributed by atoms with E-state index in [1.165, 1.54) is 16.1 Å². The standard InChI is InChI=1S/C21H25N3O5S/c25-20(8-9-22-21(26)19-5-2-14-29-19)23-10-12-24(13-11-23)30(27,28)18-7-6-16-3-1-4-17(16)15-18/h2,5-7,14-15H,1,3-4,8-13H2,(H,22,26). The molecule has 0 bridgehead atoms. The van der Waals surface area contributed by atoms with Gasteiger partial charge in [0.2, 0.25) is 15.9 Å². The first-order valence-electron chi connectivity index (χ1n) is 10.2. The molecule has 0 unspecified atom stereocenters. The predicted octanol–water partition coefficient (Wildman–Crippen LogP) is 1.42. The van der Waals surface area contributed by atoms with Gasteiger partial charge in [-0.2, -0.15) is 4.31 Å². The van der Waals surface area contributed by atoms with E-state index < -0.39 is 10.0 Å². The number of benzene rings is 1. The molecule has 2 aliphatic rings. The highest BCUT2D eigenvalue weighted by Crippen LogP contribution is 2.26. The summed E-state index contributed by atoms with van der Waals surface area (Å²) in [6.45, 7) is 1.42. The Morgan fingerprint density at radius 3 is 2.53 bits per heavy atom. The summed E-state index contributed by atoms with van der Waals surface area (Å²) >= 11 is 0. The summed E-state index contributed by atoms with van der Waals surface area (Å²) in [6, 6.07) is 8.59. The molecule has 8 nitrogen and oxygen atoms in total. The molecule has 1 aliphatic carbocycles.